The molecule has 0 radical (unpaired) electrons. The van der Waals surface area contributed by atoms with Crippen molar-refractivity contribution in [3.63, 3.8) is 0 Å². The van der Waals surface area contributed by atoms with Gasteiger partial charge in [0.05, 0.1) is 6.04 Å². The van der Waals surface area contributed by atoms with Crippen LogP contribution < -0.4 is 5.32 Å². The second kappa shape index (κ2) is 9.21. The number of carbonyl (C=O) groups is 2. The fourth-order valence-corrected chi connectivity index (χ4v) is 3.96. The summed E-state index contributed by atoms with van der Waals surface area (Å²) in [6, 6.07) is -0.0465. The van der Waals surface area contributed by atoms with E-state index in [2.05, 4.69) is 30.6 Å². The van der Waals surface area contributed by atoms with Gasteiger partial charge in [0.2, 0.25) is 11.8 Å². The number of rotatable bonds is 7. The van der Waals surface area contributed by atoms with Crippen molar-refractivity contribution in [3.8, 4) is 0 Å². The van der Waals surface area contributed by atoms with Crippen LogP contribution in [-0.2, 0) is 9.59 Å². The normalized spacial score (nSPS) is 21.0. The fraction of sp³-hybridized carbons (Fsp3) is 0.789. The van der Waals surface area contributed by atoms with Crippen LogP contribution in [0.5, 0.6) is 0 Å². The van der Waals surface area contributed by atoms with Gasteiger partial charge in [-0.1, -0.05) is 32.8 Å². The Morgan fingerprint density at radius 3 is 2.33 bits per heavy atom. The van der Waals surface area contributed by atoms with E-state index in [1.807, 2.05) is 4.90 Å². The van der Waals surface area contributed by atoms with Crippen LogP contribution in [0.25, 0.3) is 0 Å². The molecule has 1 saturated heterocycles. The van der Waals surface area contributed by atoms with E-state index in [0.717, 1.165) is 39.0 Å². The molecule has 1 aliphatic heterocycles. The van der Waals surface area contributed by atoms with Crippen LogP contribution in [-0.4, -0.2) is 60.4 Å². The SMILES string of the molecule is C=CCNC(=O)C(C1CCCC1)N1CCN(C(=O)CC(C)C)CC1. The maximum absolute atomic E-state index is 12.7. The molecule has 1 atom stereocenters. The van der Waals surface area contributed by atoms with Gasteiger partial charge in [-0.3, -0.25) is 14.5 Å². The van der Waals surface area contributed by atoms with Crippen molar-refractivity contribution in [1.82, 2.24) is 15.1 Å². The second-order valence-corrected chi connectivity index (χ2v) is 7.54. The zero-order valence-electron chi connectivity index (χ0n) is 15.3. The summed E-state index contributed by atoms with van der Waals surface area (Å²) >= 11 is 0. The van der Waals surface area contributed by atoms with Crippen molar-refractivity contribution in [2.75, 3.05) is 32.7 Å². The molecule has 5 heteroatoms. The predicted octanol–water partition coefficient (Wildman–Crippen LogP) is 2.04. The van der Waals surface area contributed by atoms with Gasteiger partial charge < -0.3 is 10.2 Å². The first-order chi connectivity index (χ1) is 11.5. The molecule has 2 amide bonds. The number of piperazine rings is 1. The number of hydrogen-bond acceptors (Lipinski definition) is 3. The summed E-state index contributed by atoms with van der Waals surface area (Å²) < 4.78 is 0. The topological polar surface area (TPSA) is 52.7 Å². The third-order valence-electron chi connectivity index (χ3n) is 5.18. The quantitative estimate of drug-likeness (QED) is 0.725. The van der Waals surface area contributed by atoms with Crippen LogP contribution in [0.4, 0.5) is 0 Å². The zero-order valence-corrected chi connectivity index (χ0v) is 15.3. The van der Waals surface area contributed by atoms with E-state index >= 15 is 0 Å². The lowest BCUT2D eigenvalue weighted by atomic mass is 9.95. The first-order valence-electron chi connectivity index (χ1n) is 9.43. The Kier molecular flexibility index (Phi) is 7.28. The number of hydrogen-bond donors (Lipinski definition) is 1. The Balaban J connectivity index is 1.94. The molecule has 136 valence electrons. The summed E-state index contributed by atoms with van der Waals surface area (Å²) in [5.41, 5.74) is 0. The van der Waals surface area contributed by atoms with Gasteiger partial charge in [0.25, 0.3) is 0 Å². The average molecular weight is 335 g/mol. The second-order valence-electron chi connectivity index (χ2n) is 7.54. The molecule has 1 heterocycles. The third-order valence-corrected chi connectivity index (χ3v) is 5.18. The van der Waals surface area contributed by atoms with Gasteiger partial charge in [0, 0.05) is 39.1 Å². The van der Waals surface area contributed by atoms with Crippen LogP contribution in [0.15, 0.2) is 12.7 Å². The molecule has 0 spiro atoms. The lowest BCUT2D eigenvalue weighted by Crippen LogP contribution is -2.58. The first kappa shape index (κ1) is 19.0. The predicted molar refractivity (Wildman–Crippen MR) is 96.6 cm³/mol. The molecule has 2 rings (SSSR count). The van der Waals surface area contributed by atoms with Gasteiger partial charge in [-0.05, 0) is 24.7 Å². The van der Waals surface area contributed by atoms with Crippen molar-refractivity contribution in [2.45, 2.75) is 52.0 Å². The first-order valence-corrected chi connectivity index (χ1v) is 9.43. The minimum Gasteiger partial charge on any atom is -0.351 e. The molecule has 0 aromatic rings. The van der Waals surface area contributed by atoms with Gasteiger partial charge >= 0.3 is 0 Å². The van der Waals surface area contributed by atoms with Crippen LogP contribution in [0, 0.1) is 11.8 Å². The standard InChI is InChI=1S/C19H33N3O2/c1-4-9-20-19(24)18(16-7-5-6-8-16)22-12-10-21(11-13-22)17(23)14-15(2)3/h4,15-16,18H,1,5-14H2,2-3H3,(H,20,24). The van der Waals surface area contributed by atoms with Crippen LogP contribution >= 0.6 is 0 Å². The fourth-order valence-electron chi connectivity index (χ4n) is 3.96. The van der Waals surface area contributed by atoms with Crippen LogP contribution in [0.1, 0.15) is 46.0 Å². The summed E-state index contributed by atoms with van der Waals surface area (Å²) in [6.45, 7) is 11.4. The summed E-state index contributed by atoms with van der Waals surface area (Å²) in [6.07, 6.45) is 7.07. The summed E-state index contributed by atoms with van der Waals surface area (Å²) in [5, 5.41) is 2.99. The molecular formula is C19H33N3O2. The van der Waals surface area contributed by atoms with E-state index in [4.69, 9.17) is 0 Å². The molecule has 1 saturated carbocycles. The van der Waals surface area contributed by atoms with Gasteiger partial charge in [0.1, 0.15) is 0 Å². The van der Waals surface area contributed by atoms with E-state index < -0.39 is 0 Å². The number of carbonyl (C=O) groups excluding carboxylic acids is 2. The Labute approximate surface area is 146 Å². The Hall–Kier alpha value is -1.36. The highest BCUT2D eigenvalue weighted by molar-refractivity contribution is 5.82. The van der Waals surface area contributed by atoms with Gasteiger partial charge in [-0.15, -0.1) is 6.58 Å². The van der Waals surface area contributed by atoms with Crippen LogP contribution in [0.3, 0.4) is 0 Å². The summed E-state index contributed by atoms with van der Waals surface area (Å²) in [4.78, 5) is 29.2. The molecule has 1 aliphatic carbocycles. The number of nitrogens with zero attached hydrogens (tertiary/aromatic N) is 2. The largest absolute Gasteiger partial charge is 0.351 e. The minimum atomic E-state index is -0.0465. The highest BCUT2D eigenvalue weighted by atomic mass is 16.2. The van der Waals surface area contributed by atoms with Crippen LogP contribution in [0.2, 0.25) is 0 Å². The van der Waals surface area contributed by atoms with Gasteiger partial charge in [-0.25, -0.2) is 0 Å². The van der Waals surface area contributed by atoms with E-state index in [1.54, 1.807) is 6.08 Å². The molecule has 1 N–H and O–H groups in total. The highest BCUT2D eigenvalue weighted by Crippen LogP contribution is 2.31. The van der Waals surface area contributed by atoms with Crippen molar-refractivity contribution in [3.05, 3.63) is 12.7 Å². The summed E-state index contributed by atoms with van der Waals surface area (Å²) in [5.74, 6) is 1.22. The van der Waals surface area contributed by atoms with E-state index in [0.29, 0.717) is 24.8 Å². The number of amides is 2. The molecule has 5 nitrogen and oxygen atoms in total. The molecule has 24 heavy (non-hydrogen) atoms. The lowest BCUT2D eigenvalue weighted by molar-refractivity contribution is -0.135. The van der Waals surface area contributed by atoms with Crippen molar-refractivity contribution in [2.24, 2.45) is 11.8 Å². The maximum Gasteiger partial charge on any atom is 0.237 e. The molecule has 0 aromatic carbocycles. The van der Waals surface area contributed by atoms with E-state index in [1.165, 1.54) is 12.8 Å². The average Bonchev–Trinajstić information content (AvgIpc) is 3.07. The van der Waals surface area contributed by atoms with Crippen molar-refractivity contribution >= 4 is 11.8 Å². The summed E-state index contributed by atoms with van der Waals surface area (Å²) in [7, 11) is 0. The minimum absolute atomic E-state index is 0.0465. The van der Waals surface area contributed by atoms with E-state index in [9.17, 15) is 9.59 Å². The van der Waals surface area contributed by atoms with Gasteiger partial charge in [-0.2, -0.15) is 0 Å². The van der Waals surface area contributed by atoms with Crippen molar-refractivity contribution < 1.29 is 9.59 Å². The monoisotopic (exact) mass is 335 g/mol. The lowest BCUT2D eigenvalue weighted by Gasteiger charge is -2.41. The highest BCUT2D eigenvalue weighted by Gasteiger charge is 2.37. The molecule has 2 fully saturated rings. The Morgan fingerprint density at radius 1 is 1.17 bits per heavy atom. The van der Waals surface area contributed by atoms with E-state index in [-0.39, 0.29) is 17.9 Å². The molecule has 1 unspecified atom stereocenters. The smallest absolute Gasteiger partial charge is 0.237 e. The Morgan fingerprint density at radius 2 is 1.79 bits per heavy atom. The van der Waals surface area contributed by atoms with Crippen molar-refractivity contribution in [1.29, 1.82) is 0 Å². The molecular weight excluding hydrogens is 302 g/mol. The third kappa shape index (κ3) is 5.07. The number of nitrogens with one attached hydrogen (secondary N) is 1. The molecule has 0 aromatic heterocycles. The van der Waals surface area contributed by atoms with Gasteiger partial charge in [0.15, 0.2) is 0 Å². The molecule has 0 bridgehead atoms. The molecule has 2 aliphatic rings. The Bertz CT molecular complexity index is 436. The zero-order chi connectivity index (χ0) is 17.5. The maximum atomic E-state index is 12.7.